The highest BCUT2D eigenvalue weighted by molar-refractivity contribution is 7.11. The Balaban J connectivity index is 1.99. The first-order chi connectivity index (χ1) is 9.29. The smallest absolute Gasteiger partial charge is 0.306 e. The van der Waals surface area contributed by atoms with Gasteiger partial charge in [0.15, 0.2) is 0 Å². The van der Waals surface area contributed by atoms with E-state index in [9.17, 15) is 9.59 Å². The molecule has 1 aliphatic rings. The Kier molecular flexibility index (Phi) is 4.13. The molecule has 0 unspecified atom stereocenters. The van der Waals surface area contributed by atoms with Crippen molar-refractivity contribution in [2.45, 2.75) is 45.6 Å². The highest BCUT2D eigenvalue weighted by Gasteiger charge is 2.36. The lowest BCUT2D eigenvalue weighted by Gasteiger charge is -2.25. The maximum atomic E-state index is 12.3. The van der Waals surface area contributed by atoms with Crippen molar-refractivity contribution in [2.75, 3.05) is 0 Å². The van der Waals surface area contributed by atoms with E-state index in [2.05, 4.69) is 10.3 Å². The maximum absolute atomic E-state index is 12.3. The fourth-order valence-electron chi connectivity index (χ4n) is 2.55. The van der Waals surface area contributed by atoms with Crippen LogP contribution in [0.5, 0.6) is 0 Å². The third-order valence-electron chi connectivity index (χ3n) is 3.74. The summed E-state index contributed by atoms with van der Waals surface area (Å²) in [5.41, 5.74) is -0.517. The van der Waals surface area contributed by atoms with E-state index < -0.39 is 11.5 Å². The molecule has 0 aromatic carbocycles. The van der Waals surface area contributed by atoms with Gasteiger partial charge in [-0.2, -0.15) is 0 Å². The van der Waals surface area contributed by atoms with Gasteiger partial charge in [0.25, 0.3) is 0 Å². The van der Waals surface area contributed by atoms with Crippen molar-refractivity contribution in [1.82, 2.24) is 10.3 Å². The Morgan fingerprint density at radius 2 is 2.05 bits per heavy atom. The second kappa shape index (κ2) is 5.52. The van der Waals surface area contributed by atoms with Crippen molar-refractivity contribution in [3.8, 4) is 0 Å². The summed E-state index contributed by atoms with van der Waals surface area (Å²) < 4.78 is 0. The van der Waals surface area contributed by atoms with Crippen molar-refractivity contribution in [2.24, 2.45) is 11.8 Å². The molecule has 2 rings (SSSR count). The van der Waals surface area contributed by atoms with Crippen LogP contribution in [0.15, 0.2) is 6.20 Å². The van der Waals surface area contributed by atoms with Crippen LogP contribution in [-0.2, 0) is 15.1 Å². The normalized spacial score (nSPS) is 22.8. The van der Waals surface area contributed by atoms with Gasteiger partial charge in [0.05, 0.1) is 11.5 Å². The number of nitrogens with zero attached hydrogens (tertiary/aromatic N) is 1. The van der Waals surface area contributed by atoms with E-state index in [-0.39, 0.29) is 17.7 Å². The van der Waals surface area contributed by atoms with Crippen molar-refractivity contribution in [3.05, 3.63) is 16.1 Å². The molecule has 0 aliphatic heterocycles. The van der Waals surface area contributed by atoms with E-state index in [4.69, 9.17) is 5.11 Å². The molecule has 0 radical (unpaired) electrons. The third-order valence-corrected chi connectivity index (χ3v) is 4.98. The van der Waals surface area contributed by atoms with Gasteiger partial charge in [0, 0.05) is 17.0 Å². The minimum absolute atomic E-state index is 0.0633. The zero-order valence-electron chi connectivity index (χ0n) is 12.0. The van der Waals surface area contributed by atoms with Crippen LogP contribution < -0.4 is 5.32 Å². The predicted molar refractivity (Wildman–Crippen MR) is 76.5 cm³/mol. The van der Waals surface area contributed by atoms with Gasteiger partial charge in [0.2, 0.25) is 5.91 Å². The fraction of sp³-hybridized carbons (Fsp3) is 0.643. The first-order valence-corrected chi connectivity index (χ1v) is 7.59. The topological polar surface area (TPSA) is 79.3 Å². The number of rotatable bonds is 4. The molecule has 20 heavy (non-hydrogen) atoms. The maximum Gasteiger partial charge on any atom is 0.306 e. The lowest BCUT2D eigenvalue weighted by atomic mass is 10.0. The summed E-state index contributed by atoms with van der Waals surface area (Å²) in [6.07, 6.45) is 3.47. The summed E-state index contributed by atoms with van der Waals surface area (Å²) in [7, 11) is 0. The molecule has 0 spiro atoms. The Morgan fingerprint density at radius 1 is 1.40 bits per heavy atom. The lowest BCUT2D eigenvalue weighted by molar-refractivity contribution is -0.141. The van der Waals surface area contributed by atoms with Crippen molar-refractivity contribution < 1.29 is 14.7 Å². The van der Waals surface area contributed by atoms with Gasteiger partial charge in [-0.05, 0) is 40.0 Å². The molecule has 1 fully saturated rings. The Morgan fingerprint density at radius 3 is 2.55 bits per heavy atom. The minimum atomic E-state index is -0.796. The second-order valence-corrected chi connectivity index (χ2v) is 7.17. The summed E-state index contributed by atoms with van der Waals surface area (Å²) in [6, 6.07) is 0. The average Bonchev–Trinajstić information content (AvgIpc) is 2.96. The molecule has 1 aliphatic carbocycles. The number of aliphatic carboxylic acids is 1. The van der Waals surface area contributed by atoms with Crippen LogP contribution in [0.4, 0.5) is 0 Å². The van der Waals surface area contributed by atoms with Crippen LogP contribution in [0.2, 0.25) is 0 Å². The van der Waals surface area contributed by atoms with Crippen LogP contribution in [-0.4, -0.2) is 22.0 Å². The second-order valence-electron chi connectivity index (χ2n) is 5.94. The zero-order valence-corrected chi connectivity index (χ0v) is 12.8. The van der Waals surface area contributed by atoms with E-state index >= 15 is 0 Å². The molecule has 6 heteroatoms. The molecule has 1 saturated carbocycles. The summed E-state index contributed by atoms with van der Waals surface area (Å²) in [6.45, 7) is 5.83. The quantitative estimate of drug-likeness (QED) is 0.893. The average molecular weight is 296 g/mol. The number of carboxylic acid groups (broad SMARTS) is 1. The summed E-state index contributed by atoms with van der Waals surface area (Å²) >= 11 is 1.56. The van der Waals surface area contributed by atoms with Gasteiger partial charge in [-0.3, -0.25) is 9.59 Å². The fourth-order valence-corrected chi connectivity index (χ4v) is 3.37. The van der Waals surface area contributed by atoms with Gasteiger partial charge in [0.1, 0.15) is 5.01 Å². The molecule has 1 aromatic rings. The van der Waals surface area contributed by atoms with Crippen molar-refractivity contribution >= 4 is 23.2 Å². The van der Waals surface area contributed by atoms with Crippen molar-refractivity contribution in [1.29, 1.82) is 0 Å². The molecule has 1 heterocycles. The number of hydrogen-bond acceptors (Lipinski definition) is 4. The van der Waals surface area contributed by atoms with Gasteiger partial charge in [-0.25, -0.2) is 4.98 Å². The Bertz CT molecular complexity index is 524. The molecular formula is C14H20N2O3S. The lowest BCUT2D eigenvalue weighted by Crippen LogP contribution is -2.43. The van der Waals surface area contributed by atoms with Crippen LogP contribution >= 0.6 is 11.3 Å². The standard InChI is InChI=1S/C14H20N2O3S/c1-8-7-15-13(20-8)14(2,3)16-11(17)9-4-5-10(6-9)12(18)19/h7,9-10H,4-6H2,1-3H3,(H,16,17)(H,18,19)/t9-,10+/m1/s1. The zero-order chi connectivity index (χ0) is 14.9. The Hall–Kier alpha value is -1.43. The van der Waals surface area contributed by atoms with Crippen LogP contribution in [0.3, 0.4) is 0 Å². The minimum Gasteiger partial charge on any atom is -0.481 e. The number of nitrogens with one attached hydrogen (secondary N) is 1. The van der Waals surface area contributed by atoms with E-state index in [1.807, 2.05) is 20.8 Å². The summed E-state index contributed by atoms with van der Waals surface area (Å²) in [5.74, 6) is -1.44. The predicted octanol–water partition coefficient (Wildman–Crippen LogP) is 2.30. The van der Waals surface area contributed by atoms with Crippen LogP contribution in [0.1, 0.15) is 43.0 Å². The molecular weight excluding hydrogens is 276 g/mol. The van der Waals surface area contributed by atoms with E-state index in [0.29, 0.717) is 19.3 Å². The van der Waals surface area contributed by atoms with Crippen LogP contribution in [0, 0.1) is 18.8 Å². The number of amides is 1. The molecule has 110 valence electrons. The van der Waals surface area contributed by atoms with E-state index in [1.165, 1.54) is 0 Å². The molecule has 5 nitrogen and oxygen atoms in total. The molecule has 2 atom stereocenters. The van der Waals surface area contributed by atoms with E-state index in [0.717, 1.165) is 9.88 Å². The number of hydrogen-bond donors (Lipinski definition) is 2. The number of carbonyl (C=O) groups is 2. The number of aryl methyl sites for hydroxylation is 1. The van der Waals surface area contributed by atoms with E-state index in [1.54, 1.807) is 17.5 Å². The SMILES string of the molecule is Cc1cnc(C(C)(C)NC(=O)[C@@H]2CC[C@H](C(=O)O)C2)s1. The molecule has 0 saturated heterocycles. The van der Waals surface area contributed by atoms with Gasteiger partial charge in [-0.15, -0.1) is 11.3 Å². The highest BCUT2D eigenvalue weighted by Crippen LogP contribution is 2.32. The largest absolute Gasteiger partial charge is 0.481 e. The summed E-state index contributed by atoms with van der Waals surface area (Å²) in [4.78, 5) is 28.6. The van der Waals surface area contributed by atoms with Gasteiger partial charge >= 0.3 is 5.97 Å². The highest BCUT2D eigenvalue weighted by atomic mass is 32.1. The first-order valence-electron chi connectivity index (χ1n) is 6.77. The number of carboxylic acids is 1. The number of aromatic nitrogens is 1. The molecule has 2 N–H and O–H groups in total. The number of thiazole rings is 1. The number of carbonyl (C=O) groups excluding carboxylic acids is 1. The Labute approximate surface area is 122 Å². The first kappa shape index (κ1) is 15.0. The van der Waals surface area contributed by atoms with Gasteiger partial charge in [-0.1, -0.05) is 0 Å². The van der Waals surface area contributed by atoms with Crippen LogP contribution in [0.25, 0.3) is 0 Å². The molecule has 1 amide bonds. The van der Waals surface area contributed by atoms with Crippen molar-refractivity contribution in [3.63, 3.8) is 0 Å². The monoisotopic (exact) mass is 296 g/mol. The molecule has 0 bridgehead atoms. The third kappa shape index (κ3) is 3.17. The summed E-state index contributed by atoms with van der Waals surface area (Å²) in [5, 5.41) is 12.9. The van der Waals surface area contributed by atoms with Gasteiger partial charge < -0.3 is 10.4 Å². The molecule has 1 aromatic heterocycles.